The number of anilines is 1. The molecule has 0 unspecified atom stereocenters. The number of halogens is 1. The van der Waals surface area contributed by atoms with Gasteiger partial charge in [0.2, 0.25) is 11.8 Å². The first-order valence-corrected chi connectivity index (χ1v) is 13.3. The van der Waals surface area contributed by atoms with Crippen molar-refractivity contribution in [2.45, 2.75) is 19.8 Å². The summed E-state index contributed by atoms with van der Waals surface area (Å²) in [6, 6.07) is 19.1. The van der Waals surface area contributed by atoms with Gasteiger partial charge in [0.25, 0.3) is 0 Å². The van der Waals surface area contributed by atoms with Crippen molar-refractivity contribution in [3.8, 4) is 11.3 Å². The third kappa shape index (κ3) is 4.93. The number of imide groups is 1. The predicted molar refractivity (Wildman–Crippen MR) is 151 cm³/mol. The number of ether oxygens (including phenoxy) is 1. The standard InChI is InChI=1S/C33H25FN2O5/c1-19-6-15-28-26(16-19)27(33(40)41-18-30(37)21-7-11-22(34)12-8-21)17-29(35-28)20-9-13-23(14-10-20)36-31(38)24-4-2-3-5-25(24)32(36)39/h2-3,6-17,24-25H,4-5,18H2,1H3/t24-,25-/m1/s1. The molecule has 1 saturated heterocycles. The number of carbonyl (C=O) groups is 4. The third-order valence-electron chi connectivity index (χ3n) is 7.61. The van der Waals surface area contributed by atoms with Gasteiger partial charge in [0.05, 0.1) is 34.3 Å². The summed E-state index contributed by atoms with van der Waals surface area (Å²) >= 11 is 0. The molecular weight excluding hydrogens is 523 g/mol. The number of benzene rings is 3. The Morgan fingerprint density at radius 2 is 1.56 bits per heavy atom. The lowest BCUT2D eigenvalue weighted by atomic mass is 9.85. The molecule has 6 rings (SSSR count). The maximum atomic E-state index is 13.2. The van der Waals surface area contributed by atoms with Crippen molar-refractivity contribution in [1.82, 2.24) is 4.98 Å². The van der Waals surface area contributed by atoms with Crippen molar-refractivity contribution in [2.24, 2.45) is 11.8 Å². The van der Waals surface area contributed by atoms with Gasteiger partial charge in [-0.2, -0.15) is 0 Å². The smallest absolute Gasteiger partial charge is 0.339 e. The van der Waals surface area contributed by atoms with Crippen LogP contribution in [-0.2, 0) is 14.3 Å². The summed E-state index contributed by atoms with van der Waals surface area (Å²) < 4.78 is 18.6. The van der Waals surface area contributed by atoms with Gasteiger partial charge in [-0.15, -0.1) is 0 Å². The molecule has 0 bridgehead atoms. The molecule has 1 aliphatic carbocycles. The Hall–Kier alpha value is -4.98. The zero-order chi connectivity index (χ0) is 28.7. The first-order chi connectivity index (χ1) is 19.8. The minimum absolute atomic E-state index is 0.184. The lowest BCUT2D eigenvalue weighted by Crippen LogP contribution is -2.30. The molecule has 3 aromatic carbocycles. The number of carbonyl (C=O) groups excluding carboxylic acids is 4. The monoisotopic (exact) mass is 548 g/mol. The van der Waals surface area contributed by atoms with Crippen molar-refractivity contribution < 1.29 is 28.3 Å². The number of nitrogens with zero attached hydrogens (tertiary/aromatic N) is 2. The maximum absolute atomic E-state index is 13.2. The molecule has 7 nitrogen and oxygen atoms in total. The van der Waals surface area contributed by atoms with E-state index in [1.54, 1.807) is 36.4 Å². The highest BCUT2D eigenvalue weighted by Gasteiger charge is 2.47. The normalized spacial score (nSPS) is 18.0. The van der Waals surface area contributed by atoms with Gasteiger partial charge in [-0.25, -0.2) is 14.2 Å². The largest absolute Gasteiger partial charge is 0.454 e. The van der Waals surface area contributed by atoms with Crippen molar-refractivity contribution in [3.05, 3.63) is 107 Å². The van der Waals surface area contributed by atoms with Crippen molar-refractivity contribution in [1.29, 1.82) is 0 Å². The number of esters is 1. The number of aryl methyl sites for hydroxylation is 1. The number of pyridine rings is 1. The van der Waals surface area contributed by atoms with Crippen LogP contribution in [0.3, 0.4) is 0 Å². The lowest BCUT2D eigenvalue weighted by molar-refractivity contribution is -0.122. The van der Waals surface area contributed by atoms with Gasteiger partial charge in [0.1, 0.15) is 5.82 Å². The van der Waals surface area contributed by atoms with Crippen LogP contribution in [0.2, 0.25) is 0 Å². The molecule has 2 amide bonds. The molecular formula is C33H25FN2O5. The fourth-order valence-electron chi connectivity index (χ4n) is 5.42. The van der Waals surface area contributed by atoms with Crippen LogP contribution in [0.25, 0.3) is 22.2 Å². The van der Waals surface area contributed by atoms with Crippen LogP contribution in [-0.4, -0.2) is 35.2 Å². The van der Waals surface area contributed by atoms with Crippen molar-refractivity contribution in [2.75, 3.05) is 11.5 Å². The molecule has 2 atom stereocenters. The Morgan fingerprint density at radius 1 is 0.902 bits per heavy atom. The van der Waals surface area contributed by atoms with E-state index in [9.17, 15) is 23.6 Å². The average Bonchev–Trinajstić information content (AvgIpc) is 3.25. The number of Topliss-reactive ketones (excluding diaryl/α,β-unsaturated/α-hetero) is 1. The van der Waals surface area contributed by atoms with E-state index < -0.39 is 24.2 Å². The Kier molecular flexibility index (Phi) is 6.75. The summed E-state index contributed by atoms with van der Waals surface area (Å²) in [6.45, 7) is 1.39. The highest BCUT2D eigenvalue weighted by molar-refractivity contribution is 6.22. The van der Waals surface area contributed by atoms with E-state index in [4.69, 9.17) is 9.72 Å². The van der Waals surface area contributed by atoms with E-state index in [1.165, 1.54) is 29.2 Å². The molecule has 1 aliphatic heterocycles. The van der Waals surface area contributed by atoms with Crippen molar-refractivity contribution >= 4 is 40.2 Å². The van der Waals surface area contributed by atoms with Crippen molar-refractivity contribution in [3.63, 3.8) is 0 Å². The molecule has 2 heterocycles. The zero-order valence-corrected chi connectivity index (χ0v) is 22.2. The van der Waals surface area contributed by atoms with E-state index in [2.05, 4.69) is 0 Å². The van der Waals surface area contributed by atoms with E-state index in [0.717, 1.165) is 5.56 Å². The molecule has 0 radical (unpaired) electrons. The second kappa shape index (κ2) is 10.5. The first kappa shape index (κ1) is 26.3. The lowest BCUT2D eigenvalue weighted by Gasteiger charge is -2.15. The SMILES string of the molecule is Cc1ccc2nc(-c3ccc(N4C(=O)[C@@H]5CC=CC[C@H]5C4=O)cc3)cc(C(=O)OCC(=O)c3ccc(F)cc3)c2c1. The van der Waals surface area contributed by atoms with Gasteiger partial charge in [-0.05, 0) is 74.4 Å². The summed E-state index contributed by atoms with van der Waals surface area (Å²) in [7, 11) is 0. The molecule has 1 aromatic heterocycles. The number of hydrogen-bond donors (Lipinski definition) is 0. The van der Waals surface area contributed by atoms with E-state index in [-0.39, 0.29) is 34.8 Å². The summed E-state index contributed by atoms with van der Waals surface area (Å²) in [6.07, 6.45) is 5.04. The summed E-state index contributed by atoms with van der Waals surface area (Å²) in [4.78, 5) is 57.7. The quantitative estimate of drug-likeness (QED) is 0.130. The molecule has 8 heteroatoms. The van der Waals surface area contributed by atoms with E-state index in [1.807, 2.05) is 31.2 Å². The van der Waals surface area contributed by atoms with Crippen LogP contribution in [0.4, 0.5) is 10.1 Å². The predicted octanol–water partition coefficient (Wildman–Crippen LogP) is 5.84. The summed E-state index contributed by atoms with van der Waals surface area (Å²) in [5.41, 5.74) is 3.62. The van der Waals surface area contributed by atoms with Gasteiger partial charge in [0, 0.05) is 16.5 Å². The molecule has 2 aliphatic rings. The second-order valence-corrected chi connectivity index (χ2v) is 10.3. The minimum Gasteiger partial charge on any atom is -0.454 e. The second-order valence-electron chi connectivity index (χ2n) is 10.3. The van der Waals surface area contributed by atoms with Crippen LogP contribution < -0.4 is 4.90 Å². The number of aromatic nitrogens is 1. The molecule has 0 N–H and O–H groups in total. The van der Waals surface area contributed by atoms with Crippen LogP contribution in [0.1, 0.15) is 39.1 Å². The third-order valence-corrected chi connectivity index (χ3v) is 7.61. The molecule has 4 aromatic rings. The van der Waals surface area contributed by atoms with E-state index in [0.29, 0.717) is 40.7 Å². The summed E-state index contributed by atoms with van der Waals surface area (Å²) in [5, 5.41) is 0.578. The van der Waals surface area contributed by atoms with Gasteiger partial charge in [0.15, 0.2) is 12.4 Å². The van der Waals surface area contributed by atoms with Crippen LogP contribution >= 0.6 is 0 Å². The fraction of sp³-hybridized carbons (Fsp3) is 0.182. The Labute approximate surface area is 235 Å². The molecule has 0 saturated carbocycles. The topological polar surface area (TPSA) is 93.6 Å². The highest BCUT2D eigenvalue weighted by atomic mass is 19.1. The first-order valence-electron chi connectivity index (χ1n) is 13.3. The Morgan fingerprint density at radius 3 is 2.22 bits per heavy atom. The van der Waals surface area contributed by atoms with E-state index >= 15 is 0 Å². The fourth-order valence-corrected chi connectivity index (χ4v) is 5.42. The number of ketones is 1. The number of allylic oxidation sites excluding steroid dienone is 2. The maximum Gasteiger partial charge on any atom is 0.339 e. The number of hydrogen-bond acceptors (Lipinski definition) is 6. The van der Waals surface area contributed by atoms with Crippen LogP contribution in [0.5, 0.6) is 0 Å². The van der Waals surface area contributed by atoms with Crippen LogP contribution in [0, 0.1) is 24.6 Å². The molecule has 0 spiro atoms. The molecule has 41 heavy (non-hydrogen) atoms. The molecule has 204 valence electrons. The summed E-state index contributed by atoms with van der Waals surface area (Å²) in [5.74, 6) is -2.62. The van der Waals surface area contributed by atoms with Crippen LogP contribution in [0.15, 0.2) is 84.9 Å². The van der Waals surface area contributed by atoms with Gasteiger partial charge < -0.3 is 4.74 Å². The highest BCUT2D eigenvalue weighted by Crippen LogP contribution is 2.38. The molecule has 1 fully saturated rings. The number of amides is 2. The zero-order valence-electron chi connectivity index (χ0n) is 22.2. The average molecular weight is 549 g/mol. The number of fused-ring (bicyclic) bond motifs is 2. The Balaban J connectivity index is 1.28. The van der Waals surface area contributed by atoms with Gasteiger partial charge in [-0.3, -0.25) is 19.3 Å². The Bertz CT molecular complexity index is 1720. The minimum atomic E-state index is -0.694. The van der Waals surface area contributed by atoms with Gasteiger partial charge in [-0.1, -0.05) is 35.9 Å². The number of rotatable bonds is 6. The van der Waals surface area contributed by atoms with Gasteiger partial charge >= 0.3 is 5.97 Å².